The molecule has 0 atom stereocenters. The van der Waals surface area contributed by atoms with E-state index in [2.05, 4.69) is 242 Å². The van der Waals surface area contributed by atoms with Gasteiger partial charge in [0.1, 0.15) is 0 Å². The molecule has 1 heterocycles. The van der Waals surface area contributed by atoms with E-state index in [1.54, 1.807) is 0 Å². The van der Waals surface area contributed by atoms with Crippen LogP contribution in [0.3, 0.4) is 0 Å². The highest BCUT2D eigenvalue weighted by molar-refractivity contribution is 5.99. The molecule has 0 radical (unpaired) electrons. The van der Waals surface area contributed by atoms with E-state index in [9.17, 15) is 0 Å². The van der Waals surface area contributed by atoms with Gasteiger partial charge in [-0.2, -0.15) is 0 Å². The molecule has 0 aliphatic carbocycles. The Kier molecular flexibility index (Phi) is 13.5. The van der Waals surface area contributed by atoms with E-state index in [4.69, 9.17) is 15.0 Å². The lowest BCUT2D eigenvalue weighted by atomic mass is 9.83. The molecule has 366 valence electrons. The third-order valence-electron chi connectivity index (χ3n) is 13.8. The van der Waals surface area contributed by atoms with Gasteiger partial charge in [0, 0.05) is 45.0 Å². The molecule has 0 amide bonds. The molecule has 9 aromatic carbocycles. The minimum atomic E-state index is -0.227. The summed E-state index contributed by atoms with van der Waals surface area (Å²) in [6, 6.07) is 82.7. The fourth-order valence-corrected chi connectivity index (χ4v) is 9.50. The molecule has 0 saturated heterocycles. The van der Waals surface area contributed by atoms with E-state index in [0.29, 0.717) is 17.5 Å². The van der Waals surface area contributed by atoms with Crippen molar-refractivity contribution in [3.8, 4) is 56.4 Å². The molecular weight excluding hydrogens is 899 g/mol. The molecule has 0 saturated carbocycles. The minimum absolute atomic E-state index is 0.00824. The smallest absolute Gasteiger partial charge is 0.164 e. The topological polar surface area (TPSA) is 45.2 Å². The van der Waals surface area contributed by atoms with Crippen LogP contribution >= 0.6 is 0 Å². The second-order valence-electron chi connectivity index (χ2n) is 22.3. The Morgan fingerprint density at radius 3 is 0.838 bits per heavy atom. The van der Waals surface area contributed by atoms with Crippen LogP contribution in [0, 0.1) is 0 Å². The number of hydrogen-bond acceptors (Lipinski definition) is 5. The van der Waals surface area contributed by atoms with Gasteiger partial charge in [0.15, 0.2) is 17.5 Å². The maximum Gasteiger partial charge on any atom is 0.164 e. The van der Waals surface area contributed by atoms with Crippen LogP contribution in [0.15, 0.2) is 231 Å². The van der Waals surface area contributed by atoms with E-state index in [0.717, 1.165) is 61.9 Å². The molecule has 1 aromatic heterocycles. The van der Waals surface area contributed by atoms with E-state index in [-0.39, 0.29) is 16.2 Å². The molecule has 0 aliphatic heterocycles. The van der Waals surface area contributed by atoms with Crippen molar-refractivity contribution in [3.63, 3.8) is 0 Å². The van der Waals surface area contributed by atoms with Crippen molar-refractivity contribution in [3.05, 3.63) is 247 Å². The highest BCUT2D eigenvalue weighted by Crippen LogP contribution is 2.51. The summed E-state index contributed by atoms with van der Waals surface area (Å²) in [5.41, 5.74) is 17.2. The van der Waals surface area contributed by atoms with Gasteiger partial charge in [-0.15, -0.1) is 0 Å². The van der Waals surface area contributed by atoms with Crippen LogP contribution in [0.4, 0.5) is 34.1 Å². The summed E-state index contributed by atoms with van der Waals surface area (Å²) in [5.74, 6) is 1.87. The number of rotatable bonds is 11. The molecule has 0 aliphatic rings. The summed E-state index contributed by atoms with van der Waals surface area (Å²) in [6.45, 7) is 20.6. The van der Waals surface area contributed by atoms with Crippen molar-refractivity contribution in [2.45, 2.75) is 78.6 Å². The first-order valence-corrected chi connectivity index (χ1v) is 25.8. The van der Waals surface area contributed by atoms with Gasteiger partial charge in [-0.25, -0.2) is 15.0 Å². The first-order valence-electron chi connectivity index (χ1n) is 25.8. The molecule has 0 unspecified atom stereocenters. The average molecular weight is 964 g/mol. The third-order valence-corrected chi connectivity index (χ3v) is 13.8. The summed E-state index contributed by atoms with van der Waals surface area (Å²) < 4.78 is 0. The minimum Gasteiger partial charge on any atom is -0.310 e. The van der Waals surface area contributed by atoms with E-state index in [1.165, 1.54) is 27.8 Å². The van der Waals surface area contributed by atoms with Crippen LogP contribution < -0.4 is 9.80 Å². The van der Waals surface area contributed by atoms with Crippen LogP contribution in [-0.4, -0.2) is 15.0 Å². The summed E-state index contributed by atoms with van der Waals surface area (Å²) >= 11 is 0. The molecule has 0 fully saturated rings. The zero-order valence-electron chi connectivity index (χ0n) is 44.2. The van der Waals surface area contributed by atoms with Crippen LogP contribution in [0.25, 0.3) is 56.4 Å². The summed E-state index contributed by atoms with van der Waals surface area (Å²) in [4.78, 5) is 20.1. The summed E-state index contributed by atoms with van der Waals surface area (Å²) in [6.07, 6.45) is 0. The normalized spacial score (nSPS) is 11.9. The van der Waals surface area contributed by atoms with E-state index < -0.39 is 0 Å². The van der Waals surface area contributed by atoms with Crippen molar-refractivity contribution in [1.29, 1.82) is 0 Å². The number of nitrogens with zero attached hydrogens (tertiary/aromatic N) is 5. The van der Waals surface area contributed by atoms with Gasteiger partial charge < -0.3 is 9.80 Å². The first-order chi connectivity index (χ1) is 35.6. The molecule has 0 spiro atoms. The Morgan fingerprint density at radius 2 is 0.514 bits per heavy atom. The zero-order valence-corrected chi connectivity index (χ0v) is 44.2. The van der Waals surface area contributed by atoms with Gasteiger partial charge in [0.05, 0.1) is 11.4 Å². The Labute approximate surface area is 439 Å². The predicted octanol–water partition coefficient (Wildman–Crippen LogP) is 19.0. The Morgan fingerprint density at radius 1 is 0.257 bits per heavy atom. The van der Waals surface area contributed by atoms with Gasteiger partial charge in [-0.05, 0) is 122 Å². The van der Waals surface area contributed by atoms with E-state index in [1.807, 2.05) is 60.7 Å². The molecule has 10 rings (SSSR count). The molecule has 0 bridgehead atoms. The zero-order chi connectivity index (χ0) is 51.6. The van der Waals surface area contributed by atoms with Crippen molar-refractivity contribution >= 4 is 34.1 Å². The molecule has 0 N–H and O–H groups in total. The standard InChI is InChI=1S/C69H65N5/c1-67(2,3)54-34-42-59(43-35-54)73(57-38-30-49(31-39-57)48-22-14-10-15-23-48)61-46-56(69(7,8)9)47-62(63(61)50-24-16-11-17-25-50)74(60-44-36-55(37-45-60)68(4,5)6)58-40-32-53(33-41-58)66-71-64(51-26-18-12-19-27-51)70-65(72-66)52-28-20-13-21-29-52/h10-47H,1-9H3. The second-order valence-corrected chi connectivity index (χ2v) is 22.3. The predicted molar refractivity (Wildman–Crippen MR) is 312 cm³/mol. The van der Waals surface area contributed by atoms with Gasteiger partial charge in [-0.3, -0.25) is 0 Å². The molecule has 74 heavy (non-hydrogen) atoms. The van der Waals surface area contributed by atoms with Crippen molar-refractivity contribution in [2.75, 3.05) is 9.80 Å². The number of hydrogen-bond donors (Lipinski definition) is 0. The van der Waals surface area contributed by atoms with Crippen molar-refractivity contribution < 1.29 is 0 Å². The highest BCUT2D eigenvalue weighted by atomic mass is 15.2. The number of anilines is 6. The average Bonchev–Trinajstić information content (AvgIpc) is 3.42. The van der Waals surface area contributed by atoms with Gasteiger partial charge in [0.25, 0.3) is 0 Å². The van der Waals surface area contributed by atoms with Crippen LogP contribution in [0.2, 0.25) is 0 Å². The maximum absolute atomic E-state index is 5.10. The maximum atomic E-state index is 5.10. The molecule has 10 aromatic rings. The number of benzene rings is 9. The quantitative estimate of drug-likeness (QED) is 0.129. The summed E-state index contributed by atoms with van der Waals surface area (Å²) in [5, 5.41) is 0. The monoisotopic (exact) mass is 964 g/mol. The molecular formula is C69H65N5. The lowest BCUT2D eigenvalue weighted by molar-refractivity contribution is 0.589. The molecule has 5 heteroatoms. The van der Waals surface area contributed by atoms with Crippen LogP contribution in [-0.2, 0) is 16.2 Å². The Hall–Kier alpha value is -8.41. The van der Waals surface area contributed by atoms with Gasteiger partial charge in [0.2, 0.25) is 0 Å². The van der Waals surface area contributed by atoms with E-state index >= 15 is 0 Å². The Balaban J connectivity index is 1.22. The SMILES string of the molecule is CC(C)(C)c1ccc(N(c2ccc(-c3ccccc3)cc2)c2cc(C(C)(C)C)cc(N(c3ccc(-c4nc(-c5ccccc5)nc(-c5ccccc5)n4)cc3)c3ccc(C(C)(C)C)cc3)c2-c2ccccc2)cc1. The van der Waals surface area contributed by atoms with Crippen molar-refractivity contribution in [2.24, 2.45) is 0 Å². The van der Waals surface area contributed by atoms with Crippen LogP contribution in [0.5, 0.6) is 0 Å². The molecule has 5 nitrogen and oxygen atoms in total. The lowest BCUT2D eigenvalue weighted by Crippen LogP contribution is -2.20. The van der Waals surface area contributed by atoms with Gasteiger partial charge >= 0.3 is 0 Å². The Bertz CT molecular complexity index is 3420. The number of aromatic nitrogens is 3. The fraction of sp³-hybridized carbons (Fsp3) is 0.174. The summed E-state index contributed by atoms with van der Waals surface area (Å²) in [7, 11) is 0. The fourth-order valence-electron chi connectivity index (χ4n) is 9.50. The van der Waals surface area contributed by atoms with Crippen LogP contribution in [0.1, 0.15) is 79.0 Å². The van der Waals surface area contributed by atoms with Crippen molar-refractivity contribution in [1.82, 2.24) is 15.0 Å². The highest BCUT2D eigenvalue weighted by Gasteiger charge is 2.29. The third kappa shape index (κ3) is 10.6. The second kappa shape index (κ2) is 20.2. The largest absolute Gasteiger partial charge is 0.310 e. The lowest BCUT2D eigenvalue weighted by Gasteiger charge is -2.36. The first kappa shape index (κ1) is 49.2. The van der Waals surface area contributed by atoms with Gasteiger partial charge in [-0.1, -0.05) is 220 Å².